The fourth-order valence-corrected chi connectivity index (χ4v) is 2.29. The van der Waals surface area contributed by atoms with Crippen molar-refractivity contribution >= 4 is 17.7 Å². The van der Waals surface area contributed by atoms with Crippen molar-refractivity contribution in [2.45, 2.75) is 19.4 Å². The summed E-state index contributed by atoms with van der Waals surface area (Å²) in [5, 5.41) is 11.7. The largest absolute Gasteiger partial charge is 0.478 e. The fourth-order valence-electron chi connectivity index (χ4n) is 2.29. The maximum Gasteiger partial charge on any atom is 0.335 e. The van der Waals surface area contributed by atoms with Crippen LogP contribution in [0, 0.1) is 6.92 Å². The van der Waals surface area contributed by atoms with Gasteiger partial charge >= 0.3 is 12.0 Å². The second kappa shape index (κ2) is 5.92. The van der Waals surface area contributed by atoms with E-state index in [2.05, 4.69) is 5.32 Å². The lowest BCUT2D eigenvalue weighted by Gasteiger charge is -2.17. The van der Waals surface area contributed by atoms with Gasteiger partial charge in [0.1, 0.15) is 0 Å². The first-order valence-corrected chi connectivity index (χ1v) is 6.44. The van der Waals surface area contributed by atoms with Crippen molar-refractivity contribution in [1.29, 1.82) is 0 Å². The number of likely N-dealkylation sites (tertiary alicyclic amines) is 1. The molecule has 20 heavy (non-hydrogen) atoms. The van der Waals surface area contributed by atoms with Gasteiger partial charge in [0.2, 0.25) is 0 Å². The van der Waals surface area contributed by atoms with Crippen LogP contribution in [0.4, 0.5) is 10.5 Å². The number of aromatic carboxylic acids is 1. The number of hydrogen-bond acceptors (Lipinski definition) is 3. The summed E-state index contributed by atoms with van der Waals surface area (Å²) in [6, 6.07) is 4.56. The van der Waals surface area contributed by atoms with Gasteiger partial charge in [-0.15, -0.1) is 0 Å². The lowest BCUT2D eigenvalue weighted by Crippen LogP contribution is -2.33. The Kier molecular flexibility index (Phi) is 4.24. The molecule has 1 unspecified atom stereocenters. The maximum atomic E-state index is 12.0. The van der Waals surface area contributed by atoms with E-state index in [9.17, 15) is 9.59 Å². The van der Waals surface area contributed by atoms with Crippen LogP contribution in [0.3, 0.4) is 0 Å². The third-order valence-corrected chi connectivity index (χ3v) is 3.47. The third-order valence-electron chi connectivity index (χ3n) is 3.47. The molecule has 1 aromatic carbocycles. The molecule has 2 rings (SSSR count). The molecule has 0 radical (unpaired) electrons. The zero-order valence-electron chi connectivity index (χ0n) is 11.5. The Hall–Kier alpha value is -2.08. The number of carboxylic acids is 1. The molecule has 2 N–H and O–H groups in total. The van der Waals surface area contributed by atoms with Gasteiger partial charge in [-0.3, -0.25) is 0 Å². The minimum atomic E-state index is -0.970. The van der Waals surface area contributed by atoms with E-state index in [-0.39, 0.29) is 17.7 Å². The van der Waals surface area contributed by atoms with Crippen LogP contribution in [0.2, 0.25) is 0 Å². The first-order chi connectivity index (χ1) is 9.51. The number of carboxylic acid groups (broad SMARTS) is 1. The summed E-state index contributed by atoms with van der Waals surface area (Å²) in [7, 11) is 1.64. The number of nitrogens with zero attached hydrogens (tertiary/aromatic N) is 1. The highest BCUT2D eigenvalue weighted by Crippen LogP contribution is 2.17. The van der Waals surface area contributed by atoms with E-state index >= 15 is 0 Å². The van der Waals surface area contributed by atoms with Gasteiger partial charge in [0.05, 0.1) is 11.7 Å². The summed E-state index contributed by atoms with van der Waals surface area (Å²) in [4.78, 5) is 24.7. The van der Waals surface area contributed by atoms with Crippen LogP contribution < -0.4 is 5.32 Å². The van der Waals surface area contributed by atoms with E-state index in [0.717, 1.165) is 6.42 Å². The van der Waals surface area contributed by atoms with Crippen LogP contribution in [-0.4, -0.2) is 48.3 Å². The number of methoxy groups -OCH3 is 1. The van der Waals surface area contributed by atoms with Gasteiger partial charge in [-0.05, 0) is 37.1 Å². The molecular formula is C14H18N2O4. The van der Waals surface area contributed by atoms with Gasteiger partial charge in [-0.2, -0.15) is 0 Å². The molecule has 6 nitrogen and oxygen atoms in total. The molecular weight excluding hydrogens is 260 g/mol. The van der Waals surface area contributed by atoms with Crippen LogP contribution in [-0.2, 0) is 4.74 Å². The molecule has 0 spiro atoms. The molecule has 108 valence electrons. The van der Waals surface area contributed by atoms with E-state index in [0.29, 0.717) is 24.3 Å². The molecule has 1 atom stereocenters. The third kappa shape index (κ3) is 3.08. The molecule has 1 saturated heterocycles. The van der Waals surface area contributed by atoms with Crippen molar-refractivity contribution in [3.63, 3.8) is 0 Å². The molecule has 0 bridgehead atoms. The highest BCUT2D eigenvalue weighted by atomic mass is 16.5. The van der Waals surface area contributed by atoms with Crippen molar-refractivity contribution in [3.05, 3.63) is 29.3 Å². The number of anilines is 1. The van der Waals surface area contributed by atoms with Crippen molar-refractivity contribution < 1.29 is 19.4 Å². The Morgan fingerprint density at radius 2 is 2.20 bits per heavy atom. The standard InChI is InChI=1S/C14H18N2O4/c1-9-7-10(3-4-12(9)13(17)18)15-14(19)16-6-5-11(8-16)20-2/h3-4,7,11H,5-6,8H2,1-2H3,(H,15,19)(H,17,18). The SMILES string of the molecule is COC1CCN(C(=O)Nc2ccc(C(=O)O)c(C)c2)C1. The lowest BCUT2D eigenvalue weighted by molar-refractivity contribution is 0.0696. The number of nitrogens with one attached hydrogen (secondary N) is 1. The number of carbonyl (C=O) groups is 2. The second-order valence-electron chi connectivity index (χ2n) is 4.86. The number of rotatable bonds is 3. The Balaban J connectivity index is 2.02. The van der Waals surface area contributed by atoms with E-state index < -0.39 is 5.97 Å². The molecule has 2 amide bonds. The highest BCUT2D eigenvalue weighted by Gasteiger charge is 2.26. The average Bonchev–Trinajstić information content (AvgIpc) is 2.87. The summed E-state index contributed by atoms with van der Waals surface area (Å²) in [6.45, 7) is 2.95. The van der Waals surface area contributed by atoms with E-state index in [1.54, 1.807) is 31.1 Å². The Morgan fingerprint density at radius 3 is 2.75 bits per heavy atom. The van der Waals surface area contributed by atoms with Crippen LogP contribution in [0.25, 0.3) is 0 Å². The summed E-state index contributed by atoms with van der Waals surface area (Å²) in [6.07, 6.45) is 0.929. The normalized spacial score (nSPS) is 18.1. The van der Waals surface area contributed by atoms with Crippen molar-refractivity contribution in [2.75, 3.05) is 25.5 Å². The summed E-state index contributed by atoms with van der Waals surface area (Å²) >= 11 is 0. The quantitative estimate of drug-likeness (QED) is 0.885. The maximum absolute atomic E-state index is 12.0. The number of urea groups is 1. The Morgan fingerprint density at radius 1 is 1.45 bits per heavy atom. The number of amides is 2. The predicted octanol–water partition coefficient (Wildman–Crippen LogP) is 1.95. The van der Waals surface area contributed by atoms with Gasteiger partial charge in [-0.25, -0.2) is 9.59 Å². The monoisotopic (exact) mass is 278 g/mol. The molecule has 1 aromatic rings. The summed E-state index contributed by atoms with van der Waals surface area (Å²) < 4.78 is 5.22. The van der Waals surface area contributed by atoms with Gasteiger partial charge in [0, 0.05) is 25.9 Å². The van der Waals surface area contributed by atoms with Crippen LogP contribution in [0.1, 0.15) is 22.3 Å². The molecule has 1 fully saturated rings. The number of aryl methyl sites for hydroxylation is 1. The number of carbonyl (C=O) groups excluding carboxylic acids is 1. The van der Waals surface area contributed by atoms with E-state index in [1.165, 1.54) is 6.07 Å². The van der Waals surface area contributed by atoms with Crippen molar-refractivity contribution in [1.82, 2.24) is 4.90 Å². The molecule has 1 aliphatic heterocycles. The molecule has 6 heteroatoms. The zero-order valence-corrected chi connectivity index (χ0v) is 11.5. The van der Waals surface area contributed by atoms with Crippen molar-refractivity contribution in [3.8, 4) is 0 Å². The topological polar surface area (TPSA) is 78.9 Å². The first-order valence-electron chi connectivity index (χ1n) is 6.44. The minimum Gasteiger partial charge on any atom is -0.478 e. The predicted molar refractivity (Wildman–Crippen MR) is 74.1 cm³/mol. The van der Waals surface area contributed by atoms with Gasteiger partial charge in [-0.1, -0.05) is 0 Å². The zero-order chi connectivity index (χ0) is 14.7. The van der Waals surface area contributed by atoms with E-state index in [4.69, 9.17) is 9.84 Å². The number of hydrogen-bond donors (Lipinski definition) is 2. The first kappa shape index (κ1) is 14.3. The second-order valence-corrected chi connectivity index (χ2v) is 4.86. The smallest absolute Gasteiger partial charge is 0.335 e. The van der Waals surface area contributed by atoms with Crippen molar-refractivity contribution in [2.24, 2.45) is 0 Å². The molecule has 0 saturated carbocycles. The summed E-state index contributed by atoms with van der Waals surface area (Å²) in [5.41, 5.74) is 1.45. The molecule has 1 heterocycles. The van der Waals surface area contributed by atoms with Gasteiger partial charge < -0.3 is 20.1 Å². The molecule has 0 aliphatic carbocycles. The van der Waals surface area contributed by atoms with E-state index in [1.807, 2.05) is 0 Å². The highest BCUT2D eigenvalue weighted by molar-refractivity contribution is 5.92. The molecule has 0 aromatic heterocycles. The molecule has 1 aliphatic rings. The Bertz CT molecular complexity index is 530. The van der Waals surface area contributed by atoms with Crippen LogP contribution in [0.15, 0.2) is 18.2 Å². The number of benzene rings is 1. The average molecular weight is 278 g/mol. The number of ether oxygens (including phenoxy) is 1. The van der Waals surface area contributed by atoms with Crippen LogP contribution >= 0.6 is 0 Å². The Labute approximate surface area is 117 Å². The fraction of sp³-hybridized carbons (Fsp3) is 0.429. The van der Waals surface area contributed by atoms with Gasteiger partial charge in [0.15, 0.2) is 0 Å². The lowest BCUT2D eigenvalue weighted by atomic mass is 10.1. The van der Waals surface area contributed by atoms with Gasteiger partial charge in [0.25, 0.3) is 0 Å². The summed E-state index contributed by atoms with van der Waals surface area (Å²) in [5.74, 6) is -0.970. The minimum absolute atomic E-state index is 0.0943. The van der Waals surface area contributed by atoms with Crippen LogP contribution in [0.5, 0.6) is 0 Å².